The number of benzene rings is 1. The molecule has 0 saturated carbocycles. The van der Waals surface area contributed by atoms with Gasteiger partial charge in [-0.1, -0.05) is 26.0 Å². The molecule has 23 heavy (non-hydrogen) atoms. The monoisotopic (exact) mass is 333 g/mol. The summed E-state index contributed by atoms with van der Waals surface area (Å²) in [5.74, 6) is -3.23. The zero-order valence-corrected chi connectivity index (χ0v) is 12.7. The van der Waals surface area contributed by atoms with Gasteiger partial charge in [-0.3, -0.25) is 9.59 Å². The number of carbonyl (C=O) groups excluding carboxylic acids is 1. The van der Waals surface area contributed by atoms with Crippen LogP contribution in [0, 0.1) is 11.8 Å². The highest BCUT2D eigenvalue weighted by Crippen LogP contribution is 2.26. The van der Waals surface area contributed by atoms with E-state index in [4.69, 9.17) is 5.11 Å². The number of carboxylic acids is 1. The van der Waals surface area contributed by atoms with Crippen molar-refractivity contribution in [2.75, 3.05) is 6.54 Å². The van der Waals surface area contributed by atoms with E-state index in [0.29, 0.717) is 6.42 Å². The lowest BCUT2D eigenvalue weighted by Gasteiger charge is -2.17. The standard InChI is InChI=1S/C15H18F3NO4/c1-9(2)7-10(14(21)22)8-19-13(20)11-5-3-4-6-12(11)23-15(16,17)18/h3-6,9-10H,7-8H2,1-2H3,(H,19,20)(H,21,22). The van der Waals surface area contributed by atoms with Crippen LogP contribution in [0.15, 0.2) is 24.3 Å². The van der Waals surface area contributed by atoms with Gasteiger partial charge in [0.15, 0.2) is 0 Å². The summed E-state index contributed by atoms with van der Waals surface area (Å²) >= 11 is 0. The van der Waals surface area contributed by atoms with E-state index in [1.165, 1.54) is 18.2 Å². The number of hydrogen-bond donors (Lipinski definition) is 2. The number of hydrogen-bond acceptors (Lipinski definition) is 3. The predicted octanol–water partition coefficient (Wildman–Crippen LogP) is 3.06. The number of nitrogens with one attached hydrogen (secondary N) is 1. The summed E-state index contributed by atoms with van der Waals surface area (Å²) in [5, 5.41) is 11.4. The third-order valence-corrected chi connectivity index (χ3v) is 2.97. The molecular weight excluding hydrogens is 315 g/mol. The van der Waals surface area contributed by atoms with Crippen LogP contribution in [0.5, 0.6) is 5.75 Å². The fraction of sp³-hybridized carbons (Fsp3) is 0.467. The second kappa shape index (κ2) is 7.85. The van der Waals surface area contributed by atoms with Gasteiger partial charge in [0.25, 0.3) is 5.91 Å². The van der Waals surface area contributed by atoms with Gasteiger partial charge in [0, 0.05) is 6.54 Å². The van der Waals surface area contributed by atoms with Crippen LogP contribution in [0.3, 0.4) is 0 Å². The summed E-state index contributed by atoms with van der Waals surface area (Å²) in [5.41, 5.74) is -0.307. The van der Waals surface area contributed by atoms with E-state index in [-0.39, 0.29) is 18.0 Å². The molecule has 1 unspecified atom stereocenters. The van der Waals surface area contributed by atoms with Crippen LogP contribution >= 0.6 is 0 Å². The van der Waals surface area contributed by atoms with Crippen molar-refractivity contribution in [3.8, 4) is 5.75 Å². The normalized spacial score (nSPS) is 12.8. The average Bonchev–Trinajstić information content (AvgIpc) is 2.41. The van der Waals surface area contributed by atoms with Crippen LogP contribution in [0.25, 0.3) is 0 Å². The molecule has 2 N–H and O–H groups in total. The third kappa shape index (κ3) is 6.58. The van der Waals surface area contributed by atoms with Gasteiger partial charge in [-0.2, -0.15) is 0 Å². The predicted molar refractivity (Wildman–Crippen MR) is 76.0 cm³/mol. The van der Waals surface area contributed by atoms with Gasteiger partial charge in [-0.15, -0.1) is 13.2 Å². The van der Waals surface area contributed by atoms with E-state index in [1.807, 2.05) is 13.8 Å². The maximum absolute atomic E-state index is 12.3. The second-order valence-electron chi connectivity index (χ2n) is 5.42. The lowest BCUT2D eigenvalue weighted by atomic mass is 9.97. The molecule has 1 rings (SSSR count). The Balaban J connectivity index is 2.80. The number of ether oxygens (including phenoxy) is 1. The smallest absolute Gasteiger partial charge is 0.481 e. The lowest BCUT2D eigenvalue weighted by molar-refractivity contribution is -0.274. The first kappa shape index (κ1) is 18.8. The van der Waals surface area contributed by atoms with Crippen molar-refractivity contribution in [2.45, 2.75) is 26.6 Å². The molecule has 0 spiro atoms. The molecule has 8 heteroatoms. The minimum absolute atomic E-state index is 0.105. The molecule has 0 aliphatic carbocycles. The van der Waals surface area contributed by atoms with Gasteiger partial charge in [0.05, 0.1) is 11.5 Å². The second-order valence-corrected chi connectivity index (χ2v) is 5.42. The first-order valence-corrected chi connectivity index (χ1v) is 6.96. The highest BCUT2D eigenvalue weighted by molar-refractivity contribution is 5.97. The number of amides is 1. The van der Waals surface area contributed by atoms with E-state index in [0.717, 1.165) is 6.07 Å². The topological polar surface area (TPSA) is 75.6 Å². The van der Waals surface area contributed by atoms with Crippen molar-refractivity contribution in [2.24, 2.45) is 11.8 Å². The Hall–Kier alpha value is -2.25. The molecule has 1 aromatic rings. The highest BCUT2D eigenvalue weighted by atomic mass is 19.4. The Morgan fingerprint density at radius 3 is 2.39 bits per heavy atom. The van der Waals surface area contributed by atoms with E-state index in [1.54, 1.807) is 0 Å². The summed E-state index contributed by atoms with van der Waals surface area (Å²) in [6, 6.07) is 4.89. The zero-order chi connectivity index (χ0) is 17.6. The van der Waals surface area contributed by atoms with Crippen LogP contribution in [-0.2, 0) is 4.79 Å². The Bertz CT molecular complexity index is 558. The fourth-order valence-corrected chi connectivity index (χ4v) is 2.02. The van der Waals surface area contributed by atoms with Crippen molar-refractivity contribution in [3.05, 3.63) is 29.8 Å². The average molecular weight is 333 g/mol. The fourth-order valence-electron chi connectivity index (χ4n) is 2.02. The molecular formula is C15H18F3NO4. The molecule has 0 fully saturated rings. The summed E-state index contributed by atoms with van der Waals surface area (Å²) in [7, 11) is 0. The maximum atomic E-state index is 12.3. The Labute approximate surface area is 131 Å². The van der Waals surface area contributed by atoms with E-state index < -0.39 is 29.9 Å². The van der Waals surface area contributed by atoms with E-state index in [2.05, 4.69) is 10.1 Å². The first-order valence-electron chi connectivity index (χ1n) is 6.96. The van der Waals surface area contributed by atoms with Crippen LogP contribution < -0.4 is 10.1 Å². The van der Waals surface area contributed by atoms with Gasteiger partial charge in [-0.25, -0.2) is 0 Å². The van der Waals surface area contributed by atoms with Gasteiger partial charge < -0.3 is 15.2 Å². The molecule has 5 nitrogen and oxygen atoms in total. The van der Waals surface area contributed by atoms with Crippen LogP contribution in [0.1, 0.15) is 30.6 Å². The lowest BCUT2D eigenvalue weighted by Crippen LogP contribution is -2.34. The van der Waals surface area contributed by atoms with Gasteiger partial charge in [0.1, 0.15) is 5.75 Å². The molecule has 0 aliphatic heterocycles. The number of aliphatic carboxylic acids is 1. The minimum atomic E-state index is -4.92. The van der Waals surface area contributed by atoms with Crippen LogP contribution in [0.2, 0.25) is 0 Å². The number of carbonyl (C=O) groups is 2. The SMILES string of the molecule is CC(C)CC(CNC(=O)c1ccccc1OC(F)(F)F)C(=O)O. The molecule has 0 aliphatic rings. The van der Waals surface area contributed by atoms with Gasteiger partial charge >= 0.3 is 12.3 Å². The van der Waals surface area contributed by atoms with Gasteiger partial charge in [-0.05, 0) is 24.5 Å². The summed E-state index contributed by atoms with van der Waals surface area (Å²) in [6.07, 6.45) is -4.58. The van der Waals surface area contributed by atoms with Crippen molar-refractivity contribution in [3.63, 3.8) is 0 Å². The highest BCUT2D eigenvalue weighted by Gasteiger charge is 2.33. The minimum Gasteiger partial charge on any atom is -0.481 e. The zero-order valence-electron chi connectivity index (χ0n) is 12.7. The first-order chi connectivity index (χ1) is 10.6. The van der Waals surface area contributed by atoms with Gasteiger partial charge in [0.2, 0.25) is 0 Å². The summed E-state index contributed by atoms with van der Waals surface area (Å²) in [4.78, 5) is 23.1. The van der Waals surface area contributed by atoms with Crippen molar-refractivity contribution in [1.29, 1.82) is 0 Å². The molecule has 1 amide bonds. The Morgan fingerprint density at radius 1 is 1.26 bits per heavy atom. The molecule has 0 bridgehead atoms. The number of rotatable bonds is 7. The molecule has 0 saturated heterocycles. The van der Waals surface area contributed by atoms with Crippen LogP contribution in [0.4, 0.5) is 13.2 Å². The van der Waals surface area contributed by atoms with E-state index >= 15 is 0 Å². The number of halogens is 3. The largest absolute Gasteiger partial charge is 0.573 e. The molecule has 128 valence electrons. The van der Waals surface area contributed by atoms with E-state index in [9.17, 15) is 22.8 Å². The summed E-state index contributed by atoms with van der Waals surface area (Å²) in [6.45, 7) is 3.50. The van der Waals surface area contributed by atoms with Crippen molar-refractivity contribution < 1.29 is 32.6 Å². The molecule has 0 aromatic heterocycles. The Morgan fingerprint density at radius 2 is 1.87 bits per heavy atom. The summed E-state index contributed by atoms with van der Waals surface area (Å²) < 4.78 is 40.7. The Kier molecular flexibility index (Phi) is 6.41. The maximum Gasteiger partial charge on any atom is 0.573 e. The van der Waals surface area contributed by atoms with Crippen molar-refractivity contribution >= 4 is 11.9 Å². The quantitative estimate of drug-likeness (QED) is 0.804. The van der Waals surface area contributed by atoms with Crippen LogP contribution in [-0.4, -0.2) is 29.9 Å². The number of carboxylic acid groups (broad SMARTS) is 1. The molecule has 1 atom stereocenters. The van der Waals surface area contributed by atoms with Crippen molar-refractivity contribution in [1.82, 2.24) is 5.32 Å². The third-order valence-electron chi connectivity index (χ3n) is 2.97. The number of para-hydroxylation sites is 1. The number of alkyl halides is 3. The molecule has 1 aromatic carbocycles. The molecule has 0 heterocycles. The molecule has 0 radical (unpaired) electrons.